The van der Waals surface area contributed by atoms with Gasteiger partial charge >= 0.3 is 0 Å². The fourth-order valence-corrected chi connectivity index (χ4v) is 5.19. The predicted octanol–water partition coefficient (Wildman–Crippen LogP) is 4.19. The van der Waals surface area contributed by atoms with Crippen molar-refractivity contribution < 1.29 is 14.0 Å². The third-order valence-corrected chi connectivity index (χ3v) is 6.87. The summed E-state index contributed by atoms with van der Waals surface area (Å²) in [6.07, 6.45) is 6.59. The Labute approximate surface area is 159 Å². The second-order valence-corrected chi connectivity index (χ2v) is 8.47. The highest BCUT2D eigenvalue weighted by molar-refractivity contribution is 8.02. The average molecular weight is 379 g/mol. The van der Waals surface area contributed by atoms with Crippen LogP contribution in [0.1, 0.15) is 51.9 Å². The zero-order chi connectivity index (χ0) is 18.6. The van der Waals surface area contributed by atoms with Crippen molar-refractivity contribution in [2.24, 2.45) is 0 Å². The summed E-state index contributed by atoms with van der Waals surface area (Å²) < 4.78 is 13.2. The molecular weight excluding hydrogens is 351 g/mol. The molecule has 0 aliphatic carbocycles. The smallest absolute Gasteiger partial charge is 0.238 e. The first-order chi connectivity index (χ1) is 12.6. The molecule has 26 heavy (non-hydrogen) atoms. The first-order valence-corrected chi connectivity index (χ1v) is 10.5. The number of carbonyl (C=O) groups is 2. The normalized spacial score (nSPS) is 19.4. The number of halogens is 1. The molecule has 6 heteroatoms. The number of nitrogens with zero attached hydrogens (tertiary/aromatic N) is 2. The molecule has 3 rings (SSSR count). The lowest BCUT2D eigenvalue weighted by Crippen LogP contribution is -2.53. The fraction of sp³-hybridized carbons (Fsp3) is 0.600. The summed E-state index contributed by atoms with van der Waals surface area (Å²) in [6, 6.07) is 6.14. The molecule has 0 unspecified atom stereocenters. The van der Waals surface area contributed by atoms with E-state index >= 15 is 0 Å². The minimum atomic E-state index is -0.300. The highest BCUT2D eigenvalue weighted by Gasteiger charge is 2.49. The number of anilines is 1. The van der Waals surface area contributed by atoms with Crippen LogP contribution >= 0.6 is 11.8 Å². The van der Waals surface area contributed by atoms with Gasteiger partial charge in [-0.15, -0.1) is 11.8 Å². The fourth-order valence-electron chi connectivity index (χ4n) is 3.86. The number of thioether (sulfide) groups is 1. The lowest BCUT2D eigenvalue weighted by atomic mass is 10.0. The molecule has 1 spiro atoms. The van der Waals surface area contributed by atoms with Crippen LogP contribution in [0.5, 0.6) is 0 Å². The molecule has 0 aromatic heterocycles. The summed E-state index contributed by atoms with van der Waals surface area (Å²) in [7, 11) is 0. The van der Waals surface area contributed by atoms with Crippen molar-refractivity contribution in [3.8, 4) is 0 Å². The van der Waals surface area contributed by atoms with Gasteiger partial charge in [-0.05, 0) is 43.5 Å². The number of rotatable bonds is 6. The van der Waals surface area contributed by atoms with Gasteiger partial charge in [0.2, 0.25) is 11.8 Å². The van der Waals surface area contributed by atoms with E-state index in [4.69, 9.17) is 0 Å². The van der Waals surface area contributed by atoms with E-state index in [0.717, 1.165) is 31.4 Å². The van der Waals surface area contributed by atoms with Gasteiger partial charge in [0.1, 0.15) is 5.82 Å². The standard InChI is InChI=1S/C20H27FN2O2S/c1-2-3-4-5-6-18(24)22-13-11-20(12-14-22)23(19(25)15-26-20)17-9-7-16(21)8-10-17/h7-10H,2-6,11-15H2,1H3. The number of carbonyl (C=O) groups excluding carboxylic acids is 2. The lowest BCUT2D eigenvalue weighted by Gasteiger charge is -2.44. The van der Waals surface area contributed by atoms with E-state index in [9.17, 15) is 14.0 Å². The summed E-state index contributed by atoms with van der Waals surface area (Å²) in [5, 5.41) is 0. The Morgan fingerprint density at radius 3 is 2.50 bits per heavy atom. The van der Waals surface area contributed by atoms with E-state index in [1.54, 1.807) is 23.9 Å². The van der Waals surface area contributed by atoms with Gasteiger partial charge < -0.3 is 4.90 Å². The zero-order valence-corrected chi connectivity index (χ0v) is 16.2. The maximum Gasteiger partial charge on any atom is 0.238 e. The summed E-state index contributed by atoms with van der Waals surface area (Å²) in [5.41, 5.74) is 0.751. The minimum Gasteiger partial charge on any atom is -0.342 e. The van der Waals surface area contributed by atoms with Gasteiger partial charge in [0.25, 0.3) is 0 Å². The van der Waals surface area contributed by atoms with E-state index in [1.807, 2.05) is 9.80 Å². The van der Waals surface area contributed by atoms with Crippen molar-refractivity contribution in [1.82, 2.24) is 4.90 Å². The number of unbranched alkanes of at least 4 members (excludes halogenated alkanes) is 3. The van der Waals surface area contributed by atoms with Crippen LogP contribution in [0.2, 0.25) is 0 Å². The summed E-state index contributed by atoms with van der Waals surface area (Å²) in [4.78, 5) is 28.4. The molecule has 0 bridgehead atoms. The Morgan fingerprint density at radius 2 is 1.85 bits per heavy atom. The summed E-state index contributed by atoms with van der Waals surface area (Å²) in [6.45, 7) is 3.54. The van der Waals surface area contributed by atoms with Gasteiger partial charge in [-0.25, -0.2) is 4.39 Å². The monoisotopic (exact) mass is 378 g/mol. The van der Waals surface area contributed by atoms with Crippen molar-refractivity contribution in [1.29, 1.82) is 0 Å². The molecule has 1 aromatic carbocycles. The quantitative estimate of drug-likeness (QED) is 0.697. The van der Waals surface area contributed by atoms with Crippen molar-refractivity contribution in [3.63, 3.8) is 0 Å². The topological polar surface area (TPSA) is 40.6 Å². The van der Waals surface area contributed by atoms with Gasteiger partial charge in [0.15, 0.2) is 0 Å². The number of hydrogen-bond acceptors (Lipinski definition) is 3. The van der Waals surface area contributed by atoms with Crippen LogP contribution in [0.3, 0.4) is 0 Å². The van der Waals surface area contributed by atoms with Gasteiger partial charge in [-0.2, -0.15) is 0 Å². The molecule has 2 saturated heterocycles. The number of piperidine rings is 1. The molecule has 2 aliphatic rings. The molecule has 0 atom stereocenters. The Bertz CT molecular complexity index is 642. The maximum atomic E-state index is 13.2. The molecule has 0 N–H and O–H groups in total. The number of hydrogen-bond donors (Lipinski definition) is 0. The van der Waals surface area contributed by atoms with Crippen molar-refractivity contribution in [3.05, 3.63) is 30.1 Å². The molecule has 4 nitrogen and oxygen atoms in total. The van der Waals surface area contributed by atoms with Crippen LogP contribution < -0.4 is 4.90 Å². The van der Waals surface area contributed by atoms with Gasteiger partial charge in [-0.1, -0.05) is 26.2 Å². The van der Waals surface area contributed by atoms with Crippen molar-refractivity contribution in [2.45, 2.75) is 56.7 Å². The first-order valence-electron chi connectivity index (χ1n) is 9.56. The Balaban J connectivity index is 1.62. The van der Waals surface area contributed by atoms with Gasteiger partial charge in [0.05, 0.1) is 10.6 Å². The molecule has 1 aromatic rings. The lowest BCUT2D eigenvalue weighted by molar-refractivity contribution is -0.132. The molecule has 142 valence electrons. The second kappa shape index (κ2) is 8.42. The third-order valence-electron chi connectivity index (χ3n) is 5.35. The molecular formula is C20H27FN2O2S. The Morgan fingerprint density at radius 1 is 1.15 bits per heavy atom. The molecule has 2 amide bonds. The van der Waals surface area contributed by atoms with Crippen LogP contribution in [0, 0.1) is 5.82 Å². The van der Waals surface area contributed by atoms with E-state index in [1.165, 1.54) is 25.0 Å². The molecule has 0 radical (unpaired) electrons. The van der Waals surface area contributed by atoms with Crippen molar-refractivity contribution in [2.75, 3.05) is 23.7 Å². The Kier molecular flexibility index (Phi) is 6.22. The number of benzene rings is 1. The SMILES string of the molecule is CCCCCCC(=O)N1CCC2(CC1)SCC(=O)N2c1ccc(F)cc1. The zero-order valence-electron chi connectivity index (χ0n) is 15.4. The van der Waals surface area contributed by atoms with Gasteiger partial charge in [0, 0.05) is 25.2 Å². The minimum absolute atomic E-state index is 0.0703. The number of amides is 2. The van der Waals surface area contributed by atoms with E-state index in [-0.39, 0.29) is 22.5 Å². The molecule has 2 aliphatic heterocycles. The van der Waals surface area contributed by atoms with E-state index < -0.39 is 0 Å². The van der Waals surface area contributed by atoms with Crippen LogP contribution in [0.4, 0.5) is 10.1 Å². The average Bonchev–Trinajstić information content (AvgIpc) is 2.96. The summed E-state index contributed by atoms with van der Waals surface area (Å²) in [5.74, 6) is 0.452. The highest BCUT2D eigenvalue weighted by atomic mass is 32.2. The van der Waals surface area contributed by atoms with Crippen LogP contribution in [-0.2, 0) is 9.59 Å². The Hall–Kier alpha value is -1.56. The van der Waals surface area contributed by atoms with E-state index in [2.05, 4.69) is 6.92 Å². The summed E-state index contributed by atoms with van der Waals surface area (Å²) >= 11 is 1.66. The molecule has 2 heterocycles. The second-order valence-electron chi connectivity index (χ2n) is 7.13. The van der Waals surface area contributed by atoms with Crippen LogP contribution in [0.25, 0.3) is 0 Å². The maximum absolute atomic E-state index is 13.2. The van der Waals surface area contributed by atoms with Crippen LogP contribution in [0.15, 0.2) is 24.3 Å². The molecule has 0 saturated carbocycles. The predicted molar refractivity (Wildman–Crippen MR) is 104 cm³/mol. The largest absolute Gasteiger partial charge is 0.342 e. The van der Waals surface area contributed by atoms with E-state index in [0.29, 0.717) is 25.3 Å². The molecule has 2 fully saturated rings. The van der Waals surface area contributed by atoms with Gasteiger partial charge in [-0.3, -0.25) is 14.5 Å². The van der Waals surface area contributed by atoms with Crippen molar-refractivity contribution >= 4 is 29.3 Å². The third kappa shape index (κ3) is 4.05. The highest BCUT2D eigenvalue weighted by Crippen LogP contribution is 2.46. The number of likely N-dealkylation sites (tertiary alicyclic amines) is 1. The van der Waals surface area contributed by atoms with Crippen LogP contribution in [-0.4, -0.2) is 40.4 Å². The first kappa shape index (κ1) is 19.2.